The number of carbonyl (C=O) groups excluding carboxylic acids is 3. The highest BCUT2D eigenvalue weighted by molar-refractivity contribution is 6.30. The largest absolute Gasteiger partial charge is 0.361 e. The Bertz CT molecular complexity index is 1170. The zero-order valence-corrected chi connectivity index (χ0v) is 20.7. The number of amides is 4. The van der Waals surface area contributed by atoms with E-state index in [4.69, 9.17) is 11.6 Å². The van der Waals surface area contributed by atoms with Gasteiger partial charge in [-0.25, -0.2) is 14.8 Å². The van der Waals surface area contributed by atoms with Crippen LogP contribution in [0.2, 0.25) is 5.02 Å². The predicted molar refractivity (Wildman–Crippen MR) is 135 cm³/mol. The first kappa shape index (κ1) is 24.0. The van der Waals surface area contributed by atoms with E-state index in [0.717, 1.165) is 0 Å². The summed E-state index contributed by atoms with van der Waals surface area (Å²) in [6.45, 7) is 3.18. The second kappa shape index (κ2) is 10.1. The van der Waals surface area contributed by atoms with Crippen molar-refractivity contribution in [1.29, 1.82) is 0 Å². The van der Waals surface area contributed by atoms with Crippen molar-refractivity contribution in [3.05, 3.63) is 77.1 Å². The zero-order chi connectivity index (χ0) is 25.2. The highest BCUT2D eigenvalue weighted by Gasteiger charge is 2.41. The number of hydrazine groups is 1. The Labute approximate surface area is 214 Å². The van der Waals surface area contributed by atoms with Crippen LogP contribution >= 0.6 is 11.6 Å². The van der Waals surface area contributed by atoms with E-state index < -0.39 is 12.1 Å². The molecule has 4 amide bonds. The van der Waals surface area contributed by atoms with Gasteiger partial charge < -0.3 is 25.3 Å². The Morgan fingerprint density at radius 2 is 1.64 bits per heavy atom. The van der Waals surface area contributed by atoms with Crippen LogP contribution in [-0.2, 0) is 9.59 Å². The van der Waals surface area contributed by atoms with Crippen molar-refractivity contribution in [2.45, 2.75) is 6.04 Å². The molecule has 0 radical (unpaired) electrons. The van der Waals surface area contributed by atoms with Gasteiger partial charge in [-0.15, -0.1) is 0 Å². The second-order valence-electron chi connectivity index (χ2n) is 9.03. The molecular formula is C25H28ClN7O3. The standard InChI is InChI=1S/C25H28ClN7O3/c1-29-15-21-23(34)33(17-31(21)16-29)32-13-11-30(12-14-32)24(35)22(18-5-3-2-4-6-18)28-25(36)27-20-9-7-19(26)8-10-20/h2-10,15,22H,11-14,16-17H2,1H3,(H2,27,28,36)/t22-/m1/s1. The third kappa shape index (κ3) is 4.95. The third-order valence-corrected chi connectivity index (χ3v) is 6.75. The van der Waals surface area contributed by atoms with E-state index in [1.165, 1.54) is 0 Å². The first-order valence-electron chi connectivity index (χ1n) is 11.8. The first-order chi connectivity index (χ1) is 17.4. The quantitative estimate of drug-likeness (QED) is 0.641. The molecule has 3 aliphatic heterocycles. The monoisotopic (exact) mass is 509 g/mol. The van der Waals surface area contributed by atoms with Gasteiger partial charge >= 0.3 is 6.03 Å². The summed E-state index contributed by atoms with van der Waals surface area (Å²) in [5.74, 6) is -0.202. The Hall–Kier alpha value is -3.76. The smallest absolute Gasteiger partial charge is 0.320 e. The van der Waals surface area contributed by atoms with Crippen LogP contribution < -0.4 is 10.6 Å². The molecular weight excluding hydrogens is 482 g/mol. The maximum atomic E-state index is 13.6. The molecule has 2 aromatic carbocycles. The molecule has 10 nitrogen and oxygen atoms in total. The molecule has 2 aromatic rings. The summed E-state index contributed by atoms with van der Waals surface area (Å²) in [6.07, 6.45) is 1.87. The van der Waals surface area contributed by atoms with Gasteiger partial charge in [0.05, 0.1) is 6.67 Å². The Kier molecular flexibility index (Phi) is 6.71. The molecule has 5 rings (SSSR count). The molecule has 3 heterocycles. The molecule has 0 bridgehead atoms. The number of hydrogen-bond donors (Lipinski definition) is 2. The summed E-state index contributed by atoms with van der Waals surface area (Å²) in [6, 6.07) is 14.6. The summed E-state index contributed by atoms with van der Waals surface area (Å²) in [7, 11) is 1.94. The lowest BCUT2D eigenvalue weighted by atomic mass is 10.1. The fourth-order valence-corrected chi connectivity index (χ4v) is 4.79. The van der Waals surface area contributed by atoms with E-state index in [0.29, 0.717) is 61.5 Å². The topological polar surface area (TPSA) is 91.5 Å². The molecule has 1 atom stereocenters. The van der Waals surface area contributed by atoms with Crippen molar-refractivity contribution in [2.24, 2.45) is 0 Å². The van der Waals surface area contributed by atoms with Gasteiger partial charge in [-0.05, 0) is 29.8 Å². The maximum absolute atomic E-state index is 13.6. The van der Waals surface area contributed by atoms with Gasteiger partial charge in [0.25, 0.3) is 5.91 Å². The number of carbonyl (C=O) groups is 3. The lowest BCUT2D eigenvalue weighted by Crippen LogP contribution is -2.57. The van der Waals surface area contributed by atoms with E-state index >= 15 is 0 Å². The molecule has 0 aliphatic carbocycles. The van der Waals surface area contributed by atoms with Crippen molar-refractivity contribution in [1.82, 2.24) is 30.0 Å². The van der Waals surface area contributed by atoms with E-state index in [1.807, 2.05) is 58.4 Å². The fourth-order valence-electron chi connectivity index (χ4n) is 4.67. The third-order valence-electron chi connectivity index (χ3n) is 6.50. The van der Waals surface area contributed by atoms with Gasteiger partial charge in [0.2, 0.25) is 5.91 Å². The van der Waals surface area contributed by atoms with E-state index in [1.54, 1.807) is 34.2 Å². The van der Waals surface area contributed by atoms with Crippen LogP contribution in [0.15, 0.2) is 66.5 Å². The second-order valence-corrected chi connectivity index (χ2v) is 9.46. The number of benzene rings is 2. The summed E-state index contributed by atoms with van der Waals surface area (Å²) in [5, 5.41) is 9.91. The number of anilines is 1. The van der Waals surface area contributed by atoms with Gasteiger partial charge in [-0.2, -0.15) is 0 Å². The molecule has 36 heavy (non-hydrogen) atoms. The predicted octanol–water partition coefficient (Wildman–Crippen LogP) is 2.11. The molecule has 2 N–H and O–H groups in total. The number of urea groups is 1. The number of nitrogens with one attached hydrogen (secondary N) is 2. The van der Waals surface area contributed by atoms with Gasteiger partial charge in [-0.1, -0.05) is 41.9 Å². The minimum Gasteiger partial charge on any atom is -0.361 e. The number of hydrogen-bond acceptors (Lipinski definition) is 6. The number of piperazine rings is 1. The summed E-state index contributed by atoms with van der Waals surface area (Å²) >= 11 is 5.92. The Morgan fingerprint density at radius 3 is 2.31 bits per heavy atom. The van der Waals surface area contributed by atoms with E-state index in [2.05, 4.69) is 10.6 Å². The van der Waals surface area contributed by atoms with Crippen LogP contribution in [0.3, 0.4) is 0 Å². The maximum Gasteiger partial charge on any atom is 0.320 e. The minimum atomic E-state index is -0.843. The Morgan fingerprint density at radius 1 is 0.944 bits per heavy atom. The molecule has 2 saturated heterocycles. The van der Waals surface area contributed by atoms with Crippen LogP contribution in [0.4, 0.5) is 10.5 Å². The SMILES string of the molecule is CN1C=C2C(=O)N(N3CCN(C(=O)[C@H](NC(=O)Nc4ccc(Cl)cc4)c4ccccc4)CC3)CN2C1. The van der Waals surface area contributed by atoms with Crippen LogP contribution in [0.1, 0.15) is 11.6 Å². The average molecular weight is 510 g/mol. The van der Waals surface area contributed by atoms with Crippen molar-refractivity contribution in [3.8, 4) is 0 Å². The van der Waals surface area contributed by atoms with Crippen LogP contribution in [0, 0.1) is 0 Å². The van der Waals surface area contributed by atoms with Crippen LogP contribution in [0.25, 0.3) is 0 Å². The first-order valence-corrected chi connectivity index (χ1v) is 12.2. The van der Waals surface area contributed by atoms with E-state index in [9.17, 15) is 14.4 Å². The number of fused-ring (bicyclic) bond motifs is 1. The lowest BCUT2D eigenvalue weighted by Gasteiger charge is -2.40. The van der Waals surface area contributed by atoms with Crippen LogP contribution in [-0.4, -0.2) is 89.1 Å². The molecule has 0 aromatic heterocycles. The normalized spacial score (nSPS) is 18.7. The van der Waals surface area contributed by atoms with E-state index in [-0.39, 0.29) is 11.8 Å². The van der Waals surface area contributed by atoms with Gasteiger partial charge in [-0.3, -0.25) is 9.59 Å². The summed E-state index contributed by atoms with van der Waals surface area (Å²) in [4.78, 5) is 44.9. The molecule has 188 valence electrons. The summed E-state index contributed by atoms with van der Waals surface area (Å²) < 4.78 is 0. The number of rotatable bonds is 5. The van der Waals surface area contributed by atoms with Gasteiger partial charge in [0.15, 0.2) is 0 Å². The summed E-state index contributed by atoms with van der Waals surface area (Å²) in [5.41, 5.74) is 1.97. The van der Waals surface area contributed by atoms with Crippen molar-refractivity contribution in [3.63, 3.8) is 0 Å². The van der Waals surface area contributed by atoms with Crippen molar-refractivity contribution < 1.29 is 14.4 Å². The highest BCUT2D eigenvalue weighted by Crippen LogP contribution is 2.26. The molecule has 2 fully saturated rings. The fraction of sp³-hybridized carbons (Fsp3) is 0.320. The Balaban J connectivity index is 1.23. The zero-order valence-electron chi connectivity index (χ0n) is 19.9. The highest BCUT2D eigenvalue weighted by atomic mass is 35.5. The van der Waals surface area contributed by atoms with Gasteiger partial charge in [0, 0.05) is 50.1 Å². The number of nitrogens with zero attached hydrogens (tertiary/aromatic N) is 5. The van der Waals surface area contributed by atoms with Crippen molar-refractivity contribution in [2.75, 3.05) is 51.9 Å². The molecule has 0 unspecified atom stereocenters. The molecule has 0 saturated carbocycles. The lowest BCUT2D eigenvalue weighted by molar-refractivity contribution is -0.149. The molecule has 0 spiro atoms. The minimum absolute atomic E-state index is 0.0122. The number of halogens is 1. The molecule has 11 heteroatoms. The van der Waals surface area contributed by atoms with Gasteiger partial charge in [0.1, 0.15) is 18.4 Å². The van der Waals surface area contributed by atoms with Crippen LogP contribution in [0.5, 0.6) is 0 Å². The van der Waals surface area contributed by atoms with Crippen molar-refractivity contribution >= 4 is 35.1 Å². The molecule has 3 aliphatic rings. The average Bonchev–Trinajstić information content (AvgIpc) is 3.40.